The minimum absolute atomic E-state index is 0.761. The predicted molar refractivity (Wildman–Crippen MR) is 207 cm³/mol. The molecule has 0 fully saturated rings. The van der Waals surface area contributed by atoms with E-state index in [2.05, 4.69) is 157 Å². The highest BCUT2D eigenvalue weighted by Gasteiger charge is 2.20. The number of pyridine rings is 3. The van der Waals surface area contributed by atoms with E-state index in [0.29, 0.717) is 0 Å². The van der Waals surface area contributed by atoms with Crippen LogP contribution in [0.4, 0.5) is 0 Å². The summed E-state index contributed by atoms with van der Waals surface area (Å²) < 4.78 is 0. The second-order valence-corrected chi connectivity index (χ2v) is 12.9. The summed E-state index contributed by atoms with van der Waals surface area (Å²) in [6.45, 7) is 0.761. The highest BCUT2D eigenvalue weighted by molar-refractivity contribution is 6.13. The molecule has 0 unspecified atom stereocenters. The van der Waals surface area contributed by atoms with Crippen LogP contribution < -0.4 is 5.32 Å². The van der Waals surface area contributed by atoms with Gasteiger partial charge in [-0.1, -0.05) is 133 Å². The fraction of sp³-hybridized carbons (Fsp3) is 0.0217. The summed E-state index contributed by atoms with van der Waals surface area (Å²) in [5.41, 5.74) is 12.3. The molecule has 4 nitrogen and oxygen atoms in total. The van der Waals surface area contributed by atoms with Crippen molar-refractivity contribution in [3.8, 4) is 33.8 Å². The first-order valence-electron chi connectivity index (χ1n) is 17.0. The maximum Gasteiger partial charge on any atom is 0.0979 e. The van der Waals surface area contributed by atoms with Crippen LogP contribution in [0.1, 0.15) is 16.7 Å². The third kappa shape index (κ3) is 4.73. The average Bonchev–Trinajstić information content (AvgIpc) is 3.19. The molecule has 0 bridgehead atoms. The van der Waals surface area contributed by atoms with Gasteiger partial charge in [-0.25, -0.2) is 9.97 Å². The zero-order valence-electron chi connectivity index (χ0n) is 27.1. The van der Waals surface area contributed by atoms with E-state index in [9.17, 15) is 0 Å². The van der Waals surface area contributed by atoms with E-state index in [1.807, 2.05) is 12.3 Å². The van der Waals surface area contributed by atoms with Crippen molar-refractivity contribution < 1.29 is 0 Å². The Morgan fingerprint density at radius 1 is 0.460 bits per heavy atom. The standard InChI is InChI=1S/C46H30N4/c1-2-12-30(13-3-1)41-25-39(42-23-31-14-4-6-16-33(31)27-47-42)37-21-22-38-40(43-24-32-15-5-7-17-34(32)28-48-43)26-44(50-46(38)45(37)49-41)36-20-10-18-29-11-8-9-19-35(29)36/h1-27,48H,28H2. The van der Waals surface area contributed by atoms with Gasteiger partial charge in [0.05, 0.1) is 28.1 Å². The Labute approximate surface area is 289 Å². The van der Waals surface area contributed by atoms with E-state index >= 15 is 0 Å². The van der Waals surface area contributed by atoms with Crippen LogP contribution in [-0.2, 0) is 6.54 Å². The minimum atomic E-state index is 0.761. The van der Waals surface area contributed by atoms with Crippen molar-refractivity contribution in [1.29, 1.82) is 0 Å². The summed E-state index contributed by atoms with van der Waals surface area (Å²) in [4.78, 5) is 15.9. The predicted octanol–water partition coefficient (Wildman–Crippen LogP) is 11.1. The van der Waals surface area contributed by atoms with Crippen LogP contribution in [0.15, 0.2) is 158 Å². The van der Waals surface area contributed by atoms with Crippen molar-refractivity contribution in [2.24, 2.45) is 0 Å². The summed E-state index contributed by atoms with van der Waals surface area (Å²) >= 11 is 0. The summed E-state index contributed by atoms with van der Waals surface area (Å²) in [6.07, 6.45) is 4.23. The molecule has 0 amide bonds. The fourth-order valence-corrected chi connectivity index (χ4v) is 7.39. The average molecular weight is 639 g/mol. The van der Waals surface area contributed by atoms with Crippen LogP contribution in [-0.4, -0.2) is 15.0 Å². The van der Waals surface area contributed by atoms with Crippen LogP contribution in [0.25, 0.3) is 88.9 Å². The number of aromatic nitrogens is 3. The Morgan fingerprint density at radius 3 is 2.02 bits per heavy atom. The van der Waals surface area contributed by atoms with E-state index in [0.717, 1.165) is 84.2 Å². The molecule has 4 heteroatoms. The molecule has 0 saturated carbocycles. The van der Waals surface area contributed by atoms with Crippen LogP contribution in [0.3, 0.4) is 0 Å². The maximum absolute atomic E-state index is 5.51. The molecule has 0 aliphatic carbocycles. The molecular weight excluding hydrogens is 609 g/mol. The molecule has 1 N–H and O–H groups in total. The van der Waals surface area contributed by atoms with Crippen LogP contribution in [0.2, 0.25) is 0 Å². The first-order chi connectivity index (χ1) is 24.8. The topological polar surface area (TPSA) is 50.7 Å². The summed E-state index contributed by atoms with van der Waals surface area (Å²) in [6, 6.07) is 53.4. The molecule has 9 aromatic rings. The third-order valence-electron chi connectivity index (χ3n) is 9.91. The summed E-state index contributed by atoms with van der Waals surface area (Å²) in [7, 11) is 0. The van der Waals surface area contributed by atoms with Crippen LogP contribution in [0.5, 0.6) is 0 Å². The quantitative estimate of drug-likeness (QED) is 0.195. The SMILES string of the molecule is C1=C(c2cc(-c3cccc4ccccc34)nc3c2ccc2c(-c4cc5ccccc5cn4)cc(-c4ccccc4)nc23)NCc2ccccc21. The van der Waals surface area contributed by atoms with Gasteiger partial charge in [0.2, 0.25) is 0 Å². The molecule has 0 spiro atoms. The van der Waals surface area contributed by atoms with E-state index in [4.69, 9.17) is 15.0 Å². The Morgan fingerprint density at radius 2 is 1.14 bits per heavy atom. The number of fused-ring (bicyclic) bond motifs is 6. The monoisotopic (exact) mass is 638 g/mol. The lowest BCUT2D eigenvalue weighted by Crippen LogP contribution is -2.17. The molecule has 0 radical (unpaired) electrons. The van der Waals surface area contributed by atoms with Crippen molar-refractivity contribution >= 4 is 55.1 Å². The smallest absolute Gasteiger partial charge is 0.0979 e. The molecular formula is C46H30N4. The molecule has 50 heavy (non-hydrogen) atoms. The third-order valence-corrected chi connectivity index (χ3v) is 9.91. The molecule has 0 atom stereocenters. The van der Waals surface area contributed by atoms with Gasteiger partial charge in [0.1, 0.15) is 0 Å². The minimum Gasteiger partial charge on any atom is -0.380 e. The number of hydrogen-bond donors (Lipinski definition) is 1. The van der Waals surface area contributed by atoms with Crippen molar-refractivity contribution in [2.75, 3.05) is 0 Å². The molecule has 4 heterocycles. The number of nitrogens with one attached hydrogen (secondary N) is 1. The highest BCUT2D eigenvalue weighted by atomic mass is 14.9. The molecule has 1 aliphatic rings. The number of benzene rings is 6. The normalized spacial score (nSPS) is 12.6. The lowest BCUT2D eigenvalue weighted by molar-refractivity contribution is 0.880. The molecule has 10 rings (SSSR count). The van der Waals surface area contributed by atoms with Crippen LogP contribution >= 0.6 is 0 Å². The summed E-state index contributed by atoms with van der Waals surface area (Å²) in [5.74, 6) is 0. The molecule has 1 aliphatic heterocycles. The van der Waals surface area contributed by atoms with Crippen molar-refractivity contribution in [1.82, 2.24) is 20.3 Å². The maximum atomic E-state index is 5.51. The van der Waals surface area contributed by atoms with Gasteiger partial charge in [-0.05, 0) is 51.6 Å². The Bertz CT molecular complexity index is 2810. The van der Waals surface area contributed by atoms with Gasteiger partial charge in [-0.15, -0.1) is 0 Å². The second kappa shape index (κ2) is 11.5. The number of hydrogen-bond acceptors (Lipinski definition) is 4. The van der Waals surface area contributed by atoms with E-state index in [1.165, 1.54) is 21.9 Å². The van der Waals surface area contributed by atoms with E-state index in [1.54, 1.807) is 0 Å². The number of rotatable bonds is 4. The van der Waals surface area contributed by atoms with E-state index in [-0.39, 0.29) is 0 Å². The lowest BCUT2D eigenvalue weighted by atomic mass is 9.93. The van der Waals surface area contributed by atoms with Crippen molar-refractivity contribution in [3.63, 3.8) is 0 Å². The summed E-state index contributed by atoms with van der Waals surface area (Å²) in [5, 5.41) is 10.4. The zero-order chi connectivity index (χ0) is 33.0. The van der Waals surface area contributed by atoms with Crippen LogP contribution in [0, 0.1) is 0 Å². The first-order valence-corrected chi connectivity index (χ1v) is 17.0. The van der Waals surface area contributed by atoms with E-state index < -0.39 is 0 Å². The Hall–Kier alpha value is -6.65. The molecule has 0 saturated heterocycles. The van der Waals surface area contributed by atoms with Gasteiger partial charge in [0.25, 0.3) is 0 Å². The van der Waals surface area contributed by atoms with Gasteiger partial charge < -0.3 is 5.32 Å². The molecule has 6 aromatic carbocycles. The lowest BCUT2D eigenvalue weighted by Gasteiger charge is -2.21. The largest absolute Gasteiger partial charge is 0.380 e. The van der Waals surface area contributed by atoms with Gasteiger partial charge in [-0.3, -0.25) is 4.98 Å². The van der Waals surface area contributed by atoms with Gasteiger partial charge in [-0.2, -0.15) is 0 Å². The Balaban J connectivity index is 1.31. The van der Waals surface area contributed by atoms with Gasteiger partial charge in [0, 0.05) is 56.9 Å². The van der Waals surface area contributed by atoms with Crippen molar-refractivity contribution in [2.45, 2.75) is 6.54 Å². The van der Waals surface area contributed by atoms with Gasteiger partial charge >= 0.3 is 0 Å². The number of nitrogens with zero attached hydrogens (tertiary/aromatic N) is 3. The van der Waals surface area contributed by atoms with Crippen molar-refractivity contribution in [3.05, 3.63) is 175 Å². The molecule has 234 valence electrons. The second-order valence-electron chi connectivity index (χ2n) is 12.9. The molecule has 3 aromatic heterocycles. The zero-order valence-corrected chi connectivity index (χ0v) is 27.1. The first kappa shape index (κ1) is 28.4. The highest BCUT2D eigenvalue weighted by Crippen LogP contribution is 2.40. The van der Waals surface area contributed by atoms with Gasteiger partial charge in [0.15, 0.2) is 0 Å². The Kier molecular flexibility index (Phi) is 6.53. The fourth-order valence-electron chi connectivity index (χ4n) is 7.39.